The molecule has 0 saturated carbocycles. The summed E-state index contributed by atoms with van der Waals surface area (Å²) in [6.07, 6.45) is 2.12. The fourth-order valence-electron chi connectivity index (χ4n) is 3.33. The Labute approximate surface area is 133 Å². The lowest BCUT2D eigenvalue weighted by molar-refractivity contribution is 0.0998. The summed E-state index contributed by atoms with van der Waals surface area (Å²) in [4.78, 5) is 28.0. The molecule has 7 heteroatoms. The number of aromatic nitrogens is 2. The molecule has 0 aromatic carbocycles. The molecule has 0 radical (unpaired) electrons. The van der Waals surface area contributed by atoms with E-state index in [9.17, 15) is 9.59 Å². The van der Waals surface area contributed by atoms with Gasteiger partial charge in [-0.1, -0.05) is 5.16 Å². The van der Waals surface area contributed by atoms with Gasteiger partial charge in [0.2, 0.25) is 0 Å². The Balaban J connectivity index is 1.83. The summed E-state index contributed by atoms with van der Waals surface area (Å²) in [5.74, 6) is 0.129. The molecule has 3 N–H and O–H groups in total. The summed E-state index contributed by atoms with van der Waals surface area (Å²) in [6.45, 7) is 5.42. The van der Waals surface area contributed by atoms with Crippen LogP contribution in [-0.4, -0.2) is 27.5 Å². The van der Waals surface area contributed by atoms with Crippen LogP contribution in [0, 0.1) is 13.8 Å². The number of nitrogens with zero attached hydrogens (tertiary/aromatic N) is 2. The van der Waals surface area contributed by atoms with Crippen LogP contribution in [0.15, 0.2) is 21.5 Å². The fraction of sp³-hybridized carbons (Fsp3) is 0.438. The number of carbonyl (C=O) groups is 1. The van der Waals surface area contributed by atoms with Crippen LogP contribution in [-0.2, 0) is 6.54 Å². The number of rotatable bonds is 4. The molecule has 0 aliphatic carbocycles. The standard InChI is InChI=1S/C16H20N4O3/c1-9-14(10(2)23-19-9)13-4-3-7-20(13)8-11-5-6-12(15(17)21)16(22)18-11/h5-6,13H,3-4,7-8H2,1-2H3,(H2,17,21)(H,18,22). The van der Waals surface area contributed by atoms with Gasteiger partial charge >= 0.3 is 0 Å². The van der Waals surface area contributed by atoms with Crippen molar-refractivity contribution in [3.8, 4) is 0 Å². The second kappa shape index (κ2) is 6.00. The second-order valence-corrected chi connectivity index (χ2v) is 5.96. The molecule has 3 heterocycles. The van der Waals surface area contributed by atoms with Crippen molar-refractivity contribution in [2.24, 2.45) is 5.73 Å². The molecule has 2 aromatic heterocycles. The molecule has 122 valence electrons. The van der Waals surface area contributed by atoms with Crippen molar-refractivity contribution >= 4 is 5.91 Å². The number of pyridine rings is 1. The first-order valence-corrected chi connectivity index (χ1v) is 7.66. The molecule has 0 bridgehead atoms. The molecule has 1 amide bonds. The van der Waals surface area contributed by atoms with Gasteiger partial charge in [0.25, 0.3) is 11.5 Å². The number of hydrogen-bond acceptors (Lipinski definition) is 5. The number of carbonyl (C=O) groups excluding carboxylic acids is 1. The predicted octanol–water partition coefficient (Wildman–Crippen LogP) is 1.42. The minimum Gasteiger partial charge on any atom is -0.365 e. The third-order valence-electron chi connectivity index (χ3n) is 4.39. The van der Waals surface area contributed by atoms with E-state index in [2.05, 4.69) is 15.0 Å². The van der Waals surface area contributed by atoms with E-state index in [1.54, 1.807) is 6.07 Å². The van der Waals surface area contributed by atoms with Gasteiger partial charge < -0.3 is 15.2 Å². The number of H-pyrrole nitrogens is 1. The molecule has 1 atom stereocenters. The van der Waals surface area contributed by atoms with Crippen LogP contribution in [0.3, 0.4) is 0 Å². The molecular formula is C16H20N4O3. The third-order valence-corrected chi connectivity index (χ3v) is 4.39. The Morgan fingerprint density at radius 3 is 2.87 bits per heavy atom. The number of nitrogens with two attached hydrogens (primary N) is 1. The van der Waals surface area contributed by atoms with E-state index in [4.69, 9.17) is 10.3 Å². The molecule has 1 fully saturated rings. The Morgan fingerprint density at radius 1 is 1.48 bits per heavy atom. The van der Waals surface area contributed by atoms with Crippen LogP contribution in [0.1, 0.15) is 52.0 Å². The first kappa shape index (κ1) is 15.5. The molecule has 23 heavy (non-hydrogen) atoms. The van der Waals surface area contributed by atoms with E-state index >= 15 is 0 Å². The Kier molecular flexibility index (Phi) is 4.04. The maximum Gasteiger partial charge on any atom is 0.261 e. The van der Waals surface area contributed by atoms with Crippen LogP contribution in [0.2, 0.25) is 0 Å². The lowest BCUT2D eigenvalue weighted by Crippen LogP contribution is -2.28. The van der Waals surface area contributed by atoms with E-state index < -0.39 is 11.5 Å². The maximum absolute atomic E-state index is 11.9. The van der Waals surface area contributed by atoms with E-state index in [0.717, 1.165) is 42.1 Å². The van der Waals surface area contributed by atoms with Crippen LogP contribution in [0.4, 0.5) is 0 Å². The lowest BCUT2D eigenvalue weighted by Gasteiger charge is -2.24. The highest BCUT2D eigenvalue weighted by atomic mass is 16.5. The topological polar surface area (TPSA) is 105 Å². The van der Waals surface area contributed by atoms with Gasteiger partial charge in [-0.2, -0.15) is 0 Å². The van der Waals surface area contributed by atoms with Gasteiger partial charge in [-0.15, -0.1) is 0 Å². The number of aryl methyl sites for hydroxylation is 2. The van der Waals surface area contributed by atoms with Crippen LogP contribution in [0.5, 0.6) is 0 Å². The quantitative estimate of drug-likeness (QED) is 0.887. The highest BCUT2D eigenvalue weighted by Crippen LogP contribution is 2.36. The first-order valence-electron chi connectivity index (χ1n) is 7.66. The molecule has 2 aromatic rings. The van der Waals surface area contributed by atoms with Gasteiger partial charge in [0, 0.05) is 23.8 Å². The van der Waals surface area contributed by atoms with Gasteiger partial charge in [-0.25, -0.2) is 0 Å². The van der Waals surface area contributed by atoms with Gasteiger partial charge in [-0.05, 0) is 45.4 Å². The summed E-state index contributed by atoms with van der Waals surface area (Å²) >= 11 is 0. The zero-order valence-electron chi connectivity index (χ0n) is 13.3. The number of amides is 1. The second-order valence-electron chi connectivity index (χ2n) is 5.96. The molecule has 3 rings (SSSR count). The van der Waals surface area contributed by atoms with Gasteiger partial charge in [0.1, 0.15) is 11.3 Å². The Bertz CT molecular complexity index is 773. The number of aromatic amines is 1. The van der Waals surface area contributed by atoms with E-state index in [1.165, 1.54) is 6.07 Å². The molecule has 1 aliphatic rings. The summed E-state index contributed by atoms with van der Waals surface area (Å²) in [7, 11) is 0. The van der Waals surface area contributed by atoms with Crippen molar-refractivity contribution in [1.29, 1.82) is 0 Å². The van der Waals surface area contributed by atoms with Crippen molar-refractivity contribution < 1.29 is 9.32 Å². The van der Waals surface area contributed by atoms with Crippen LogP contribution >= 0.6 is 0 Å². The molecule has 1 aliphatic heterocycles. The van der Waals surface area contributed by atoms with Gasteiger partial charge in [0.15, 0.2) is 0 Å². The number of likely N-dealkylation sites (tertiary alicyclic amines) is 1. The first-order chi connectivity index (χ1) is 11.0. The number of hydrogen-bond donors (Lipinski definition) is 2. The van der Waals surface area contributed by atoms with E-state index in [0.29, 0.717) is 6.54 Å². The van der Waals surface area contributed by atoms with Gasteiger partial charge in [-0.3, -0.25) is 14.5 Å². The Morgan fingerprint density at radius 2 is 2.26 bits per heavy atom. The van der Waals surface area contributed by atoms with Crippen molar-refractivity contribution in [3.63, 3.8) is 0 Å². The average Bonchev–Trinajstić information content (AvgIpc) is 3.05. The third kappa shape index (κ3) is 2.92. The number of primary amides is 1. The summed E-state index contributed by atoms with van der Waals surface area (Å²) < 4.78 is 5.28. The SMILES string of the molecule is Cc1noc(C)c1C1CCCN1Cc1ccc(C(N)=O)c(=O)[nH]1. The van der Waals surface area contributed by atoms with E-state index in [1.807, 2.05) is 13.8 Å². The van der Waals surface area contributed by atoms with Crippen molar-refractivity contribution in [1.82, 2.24) is 15.0 Å². The van der Waals surface area contributed by atoms with Crippen molar-refractivity contribution in [3.05, 3.63) is 50.8 Å². The maximum atomic E-state index is 11.9. The molecular weight excluding hydrogens is 296 g/mol. The van der Waals surface area contributed by atoms with Crippen molar-refractivity contribution in [2.45, 2.75) is 39.3 Å². The van der Waals surface area contributed by atoms with Crippen LogP contribution < -0.4 is 11.3 Å². The predicted molar refractivity (Wildman–Crippen MR) is 83.9 cm³/mol. The average molecular weight is 316 g/mol. The summed E-state index contributed by atoms with van der Waals surface area (Å²) in [6, 6.07) is 3.46. The minimum absolute atomic E-state index is 0.0163. The lowest BCUT2D eigenvalue weighted by atomic mass is 10.0. The Hall–Kier alpha value is -2.41. The highest BCUT2D eigenvalue weighted by Gasteiger charge is 2.30. The number of nitrogens with one attached hydrogen (secondary N) is 1. The largest absolute Gasteiger partial charge is 0.365 e. The zero-order valence-corrected chi connectivity index (χ0v) is 13.3. The summed E-state index contributed by atoms with van der Waals surface area (Å²) in [5, 5.41) is 4.04. The summed E-state index contributed by atoms with van der Waals surface area (Å²) in [5.41, 5.74) is 7.52. The fourth-order valence-corrected chi connectivity index (χ4v) is 3.33. The molecule has 1 saturated heterocycles. The monoisotopic (exact) mass is 316 g/mol. The smallest absolute Gasteiger partial charge is 0.261 e. The van der Waals surface area contributed by atoms with Gasteiger partial charge in [0.05, 0.1) is 5.69 Å². The van der Waals surface area contributed by atoms with E-state index in [-0.39, 0.29) is 11.6 Å². The molecule has 0 spiro atoms. The molecule has 1 unspecified atom stereocenters. The highest BCUT2D eigenvalue weighted by molar-refractivity contribution is 5.92. The minimum atomic E-state index is -0.715. The zero-order chi connectivity index (χ0) is 16.6. The van der Waals surface area contributed by atoms with Crippen LogP contribution in [0.25, 0.3) is 0 Å². The normalized spacial score (nSPS) is 18.4. The van der Waals surface area contributed by atoms with Crippen molar-refractivity contribution in [2.75, 3.05) is 6.54 Å². The molecule has 7 nitrogen and oxygen atoms in total.